The van der Waals surface area contributed by atoms with E-state index in [0.29, 0.717) is 18.6 Å². The van der Waals surface area contributed by atoms with Gasteiger partial charge < -0.3 is 9.64 Å². The van der Waals surface area contributed by atoms with Gasteiger partial charge in [0, 0.05) is 24.9 Å². The van der Waals surface area contributed by atoms with Gasteiger partial charge >= 0.3 is 5.97 Å². The molecule has 1 aromatic rings. The lowest BCUT2D eigenvalue weighted by molar-refractivity contribution is -0.140. The molecule has 2 atom stereocenters. The summed E-state index contributed by atoms with van der Waals surface area (Å²) in [4.78, 5) is 26.0. The van der Waals surface area contributed by atoms with Crippen molar-refractivity contribution in [2.75, 3.05) is 13.2 Å². The maximum absolute atomic E-state index is 12.0. The number of ether oxygens (including phenoxy) is 1. The second-order valence-corrected chi connectivity index (χ2v) is 5.91. The van der Waals surface area contributed by atoms with Crippen molar-refractivity contribution in [1.82, 2.24) is 4.90 Å². The Balaban J connectivity index is 1.59. The van der Waals surface area contributed by atoms with Gasteiger partial charge in [-0.2, -0.15) is 0 Å². The first-order valence-electron chi connectivity index (χ1n) is 7.77. The maximum Gasteiger partial charge on any atom is 0.338 e. The van der Waals surface area contributed by atoms with E-state index in [9.17, 15) is 9.59 Å². The second-order valence-electron chi connectivity index (χ2n) is 5.91. The van der Waals surface area contributed by atoms with Crippen molar-refractivity contribution in [2.24, 2.45) is 5.92 Å². The van der Waals surface area contributed by atoms with E-state index in [4.69, 9.17) is 4.74 Å². The summed E-state index contributed by atoms with van der Waals surface area (Å²) in [5.41, 5.74) is 0.588. The fourth-order valence-electron chi connectivity index (χ4n) is 3.48. The molecule has 0 aromatic heterocycles. The number of benzene rings is 1. The van der Waals surface area contributed by atoms with Gasteiger partial charge in [0.1, 0.15) is 0 Å². The molecule has 2 fully saturated rings. The highest BCUT2D eigenvalue weighted by atomic mass is 16.5. The Morgan fingerprint density at radius 3 is 2.81 bits per heavy atom. The molecular weight excluding hydrogens is 266 g/mol. The van der Waals surface area contributed by atoms with E-state index in [-0.39, 0.29) is 23.8 Å². The molecule has 2 saturated heterocycles. The van der Waals surface area contributed by atoms with Gasteiger partial charge in [0.05, 0.1) is 12.2 Å². The Labute approximate surface area is 125 Å². The molecule has 4 nitrogen and oxygen atoms in total. The van der Waals surface area contributed by atoms with Gasteiger partial charge in [0.15, 0.2) is 0 Å². The quantitative estimate of drug-likeness (QED) is 0.803. The van der Waals surface area contributed by atoms with E-state index < -0.39 is 0 Å². The van der Waals surface area contributed by atoms with Crippen molar-refractivity contribution < 1.29 is 14.3 Å². The van der Waals surface area contributed by atoms with Crippen LogP contribution in [0.1, 0.15) is 42.5 Å². The van der Waals surface area contributed by atoms with Gasteiger partial charge in [0.25, 0.3) is 0 Å². The average molecular weight is 287 g/mol. The number of rotatable bonds is 3. The van der Waals surface area contributed by atoms with Gasteiger partial charge in [-0.25, -0.2) is 4.79 Å². The molecule has 0 unspecified atom stereocenters. The summed E-state index contributed by atoms with van der Waals surface area (Å²) in [7, 11) is 0. The highest BCUT2D eigenvalue weighted by Gasteiger charge is 2.37. The minimum absolute atomic E-state index is 0.267. The lowest BCUT2D eigenvalue weighted by Gasteiger charge is -2.44. The number of carbonyl (C=O) groups excluding carboxylic acids is 2. The Morgan fingerprint density at radius 1 is 1.19 bits per heavy atom. The molecule has 0 saturated carbocycles. The Hall–Kier alpha value is -1.84. The third-order valence-electron chi connectivity index (χ3n) is 4.57. The summed E-state index contributed by atoms with van der Waals surface area (Å²) < 4.78 is 5.47. The van der Waals surface area contributed by atoms with Gasteiger partial charge in [-0.3, -0.25) is 4.79 Å². The minimum atomic E-state index is -0.269. The normalized spacial score (nSPS) is 25.3. The van der Waals surface area contributed by atoms with Crippen molar-refractivity contribution in [3.63, 3.8) is 0 Å². The monoisotopic (exact) mass is 287 g/mol. The Kier molecular flexibility index (Phi) is 4.23. The third kappa shape index (κ3) is 3.09. The van der Waals surface area contributed by atoms with Crippen molar-refractivity contribution >= 4 is 11.9 Å². The smallest absolute Gasteiger partial charge is 0.338 e. The van der Waals surface area contributed by atoms with E-state index in [1.807, 2.05) is 23.1 Å². The van der Waals surface area contributed by atoms with Gasteiger partial charge in [-0.15, -0.1) is 0 Å². The molecule has 3 rings (SSSR count). The van der Waals surface area contributed by atoms with Crippen LogP contribution in [-0.2, 0) is 9.53 Å². The van der Waals surface area contributed by atoms with Crippen LogP contribution in [0, 0.1) is 5.92 Å². The van der Waals surface area contributed by atoms with Crippen LogP contribution in [0.3, 0.4) is 0 Å². The molecule has 21 heavy (non-hydrogen) atoms. The first-order chi connectivity index (χ1) is 10.3. The largest absolute Gasteiger partial charge is 0.462 e. The van der Waals surface area contributed by atoms with Crippen molar-refractivity contribution in [3.8, 4) is 0 Å². The van der Waals surface area contributed by atoms with Crippen LogP contribution in [0.2, 0.25) is 0 Å². The zero-order valence-corrected chi connectivity index (χ0v) is 12.2. The maximum atomic E-state index is 12.0. The number of piperidine rings is 2. The predicted octanol–water partition coefficient (Wildman–Crippen LogP) is 2.63. The lowest BCUT2D eigenvalue weighted by atomic mass is 9.84. The summed E-state index contributed by atoms with van der Waals surface area (Å²) in [5, 5.41) is 0. The molecule has 0 spiro atoms. The highest BCUT2D eigenvalue weighted by molar-refractivity contribution is 5.89. The molecular formula is C17H21NO3. The number of nitrogens with zero attached hydrogens (tertiary/aromatic N) is 1. The van der Waals surface area contributed by atoms with Crippen LogP contribution in [-0.4, -0.2) is 36.0 Å². The van der Waals surface area contributed by atoms with Crippen molar-refractivity contribution in [1.29, 1.82) is 0 Å². The zero-order valence-electron chi connectivity index (χ0n) is 12.2. The van der Waals surface area contributed by atoms with E-state index in [1.165, 1.54) is 0 Å². The van der Waals surface area contributed by atoms with E-state index in [0.717, 1.165) is 32.2 Å². The predicted molar refractivity (Wildman–Crippen MR) is 78.8 cm³/mol. The first-order valence-corrected chi connectivity index (χ1v) is 7.77. The summed E-state index contributed by atoms with van der Waals surface area (Å²) in [5.74, 6) is 0.288. The van der Waals surface area contributed by atoms with E-state index >= 15 is 0 Å². The molecule has 4 heteroatoms. The van der Waals surface area contributed by atoms with Crippen LogP contribution in [0.4, 0.5) is 0 Å². The van der Waals surface area contributed by atoms with Crippen LogP contribution >= 0.6 is 0 Å². The topological polar surface area (TPSA) is 46.6 Å². The number of esters is 1. The molecule has 0 radical (unpaired) electrons. The molecule has 0 bridgehead atoms. The van der Waals surface area contributed by atoms with Crippen LogP contribution < -0.4 is 0 Å². The number of hydrogen-bond acceptors (Lipinski definition) is 3. The molecule has 112 valence electrons. The summed E-state index contributed by atoms with van der Waals surface area (Å²) >= 11 is 0. The van der Waals surface area contributed by atoms with Gasteiger partial charge in [0.2, 0.25) is 5.91 Å². The summed E-state index contributed by atoms with van der Waals surface area (Å²) in [6.45, 7) is 1.29. The second kappa shape index (κ2) is 6.29. The number of hydrogen-bond donors (Lipinski definition) is 0. The molecule has 1 aromatic carbocycles. The lowest BCUT2D eigenvalue weighted by Crippen LogP contribution is -2.52. The molecule has 2 heterocycles. The minimum Gasteiger partial charge on any atom is -0.462 e. The SMILES string of the molecule is O=C(OC[C@@H]1CCCN2C(=O)CCC[C@@H]12)c1ccccc1. The standard InChI is InChI=1S/C17H21NO3/c19-16-10-4-9-15-14(8-5-11-18(15)16)12-21-17(20)13-6-2-1-3-7-13/h1-3,6-7,14-15H,4-5,8-12H2/t14-,15-/m0/s1. The summed E-state index contributed by atoms with van der Waals surface area (Å²) in [6, 6.07) is 9.34. The molecule has 1 amide bonds. The number of fused-ring (bicyclic) bond motifs is 1. The van der Waals surface area contributed by atoms with Crippen LogP contribution in [0.5, 0.6) is 0 Å². The van der Waals surface area contributed by atoms with Crippen LogP contribution in [0.25, 0.3) is 0 Å². The van der Waals surface area contributed by atoms with E-state index in [2.05, 4.69) is 0 Å². The fourth-order valence-corrected chi connectivity index (χ4v) is 3.48. The average Bonchev–Trinajstić information content (AvgIpc) is 2.54. The highest BCUT2D eigenvalue weighted by Crippen LogP contribution is 2.31. The third-order valence-corrected chi connectivity index (χ3v) is 4.57. The van der Waals surface area contributed by atoms with Crippen molar-refractivity contribution in [2.45, 2.75) is 38.1 Å². The molecule has 0 N–H and O–H groups in total. The number of amides is 1. The Morgan fingerprint density at radius 2 is 2.00 bits per heavy atom. The Bertz CT molecular complexity index is 514. The molecule has 0 aliphatic carbocycles. The van der Waals surface area contributed by atoms with Gasteiger partial charge in [-0.05, 0) is 37.8 Å². The first kappa shape index (κ1) is 14.1. The van der Waals surface area contributed by atoms with Crippen molar-refractivity contribution in [3.05, 3.63) is 35.9 Å². The van der Waals surface area contributed by atoms with Crippen LogP contribution in [0.15, 0.2) is 30.3 Å². The van der Waals surface area contributed by atoms with E-state index in [1.54, 1.807) is 12.1 Å². The summed E-state index contributed by atoms with van der Waals surface area (Å²) in [6.07, 6.45) is 4.72. The number of carbonyl (C=O) groups is 2. The fraction of sp³-hybridized carbons (Fsp3) is 0.529. The zero-order chi connectivity index (χ0) is 14.7. The molecule has 2 aliphatic rings. The molecule has 2 aliphatic heterocycles. The van der Waals surface area contributed by atoms with Gasteiger partial charge in [-0.1, -0.05) is 18.2 Å².